The molecule has 0 amide bonds. The number of halogens is 3. The maximum Gasteiger partial charge on any atom is 0.238 e. The minimum Gasteiger partial charge on any atom is -0.251 e. The van der Waals surface area contributed by atoms with Gasteiger partial charge in [-0.1, -0.05) is 6.92 Å². The summed E-state index contributed by atoms with van der Waals surface area (Å²) in [5.74, 6) is -0.209. The van der Waals surface area contributed by atoms with Gasteiger partial charge in [-0.15, -0.1) is 0 Å². The fraction of sp³-hybridized carbons (Fsp3) is 1.00. The molecule has 0 aromatic rings. The van der Waals surface area contributed by atoms with E-state index in [1.54, 1.807) is 6.92 Å². The zero-order valence-corrected chi connectivity index (χ0v) is 5.41. The van der Waals surface area contributed by atoms with Crippen molar-refractivity contribution in [3.8, 4) is 0 Å². The van der Waals surface area contributed by atoms with E-state index in [0.29, 0.717) is 0 Å². The van der Waals surface area contributed by atoms with E-state index in [0.717, 1.165) is 0 Å². The molecule has 0 N–H and O–H groups in total. The summed E-state index contributed by atoms with van der Waals surface area (Å²) in [6.07, 6.45) is -2.17. The summed E-state index contributed by atoms with van der Waals surface area (Å²) in [5, 5.41) is 0. The topological polar surface area (TPSA) is 0 Å². The van der Waals surface area contributed by atoms with Crippen LogP contribution >= 0.6 is 0 Å². The fourth-order valence-corrected chi connectivity index (χ4v) is 0.488. The largest absolute Gasteiger partial charge is 0.251 e. The van der Waals surface area contributed by atoms with Gasteiger partial charge >= 0.3 is 0 Å². The molecule has 9 heavy (non-hydrogen) atoms. The molecule has 0 aliphatic carbocycles. The average Bonchev–Trinajstić information content (AvgIpc) is 1.83. The minimum absolute atomic E-state index is 0.176. The Bertz CT molecular complexity index is 63.3. The van der Waals surface area contributed by atoms with Crippen molar-refractivity contribution in [2.24, 2.45) is 5.92 Å². The molecule has 0 heterocycles. The Morgan fingerprint density at radius 2 is 1.78 bits per heavy atom. The SMILES string of the molecule is CC(CF)CCC(F)F. The van der Waals surface area contributed by atoms with Crippen molar-refractivity contribution in [3.05, 3.63) is 0 Å². The molecule has 0 rings (SSSR count). The summed E-state index contributed by atoms with van der Waals surface area (Å²) in [4.78, 5) is 0. The molecule has 0 radical (unpaired) electrons. The molecule has 0 saturated heterocycles. The lowest BCUT2D eigenvalue weighted by Gasteiger charge is -2.03. The van der Waals surface area contributed by atoms with E-state index >= 15 is 0 Å². The monoisotopic (exact) mass is 140 g/mol. The van der Waals surface area contributed by atoms with E-state index < -0.39 is 13.1 Å². The Kier molecular flexibility index (Phi) is 4.54. The number of rotatable bonds is 4. The van der Waals surface area contributed by atoms with E-state index in [2.05, 4.69) is 0 Å². The average molecular weight is 140 g/mol. The lowest BCUT2D eigenvalue weighted by molar-refractivity contribution is 0.126. The minimum atomic E-state index is -2.28. The van der Waals surface area contributed by atoms with Gasteiger partial charge in [0, 0.05) is 6.42 Å². The van der Waals surface area contributed by atoms with E-state index in [1.165, 1.54) is 0 Å². The summed E-state index contributed by atoms with van der Waals surface area (Å²) in [7, 11) is 0. The van der Waals surface area contributed by atoms with Gasteiger partial charge in [-0.25, -0.2) is 8.78 Å². The van der Waals surface area contributed by atoms with Gasteiger partial charge in [0.2, 0.25) is 6.43 Å². The molecule has 56 valence electrons. The van der Waals surface area contributed by atoms with Crippen molar-refractivity contribution < 1.29 is 13.2 Å². The first-order chi connectivity index (χ1) is 4.16. The van der Waals surface area contributed by atoms with Gasteiger partial charge < -0.3 is 0 Å². The van der Waals surface area contributed by atoms with E-state index in [4.69, 9.17) is 0 Å². The maximum absolute atomic E-state index is 11.6. The second-order valence-electron chi connectivity index (χ2n) is 2.23. The molecule has 1 unspecified atom stereocenters. The third kappa shape index (κ3) is 5.66. The highest BCUT2D eigenvalue weighted by atomic mass is 19.3. The summed E-state index contributed by atoms with van der Waals surface area (Å²) >= 11 is 0. The normalized spacial score (nSPS) is 14.3. The molecule has 0 nitrogen and oxygen atoms in total. The zero-order chi connectivity index (χ0) is 7.28. The number of alkyl halides is 3. The first-order valence-corrected chi connectivity index (χ1v) is 3.01. The Labute approximate surface area is 53.1 Å². The van der Waals surface area contributed by atoms with Crippen LogP contribution in [-0.4, -0.2) is 13.1 Å². The van der Waals surface area contributed by atoms with Crippen molar-refractivity contribution >= 4 is 0 Å². The molecule has 0 spiro atoms. The highest BCUT2D eigenvalue weighted by Crippen LogP contribution is 2.10. The van der Waals surface area contributed by atoms with Crippen LogP contribution in [0.3, 0.4) is 0 Å². The van der Waals surface area contributed by atoms with Crippen molar-refractivity contribution in [1.29, 1.82) is 0 Å². The lowest BCUT2D eigenvalue weighted by atomic mass is 10.1. The van der Waals surface area contributed by atoms with Gasteiger partial charge in [0.1, 0.15) is 0 Å². The van der Waals surface area contributed by atoms with Crippen LogP contribution in [0.2, 0.25) is 0 Å². The third-order valence-corrected chi connectivity index (χ3v) is 1.14. The van der Waals surface area contributed by atoms with Gasteiger partial charge in [-0.05, 0) is 12.3 Å². The summed E-state index contributed by atoms with van der Waals surface area (Å²) in [6, 6.07) is 0. The van der Waals surface area contributed by atoms with E-state index in [-0.39, 0.29) is 18.8 Å². The number of hydrogen-bond donors (Lipinski definition) is 0. The summed E-state index contributed by atoms with van der Waals surface area (Å²) in [5.41, 5.74) is 0. The van der Waals surface area contributed by atoms with Crippen LogP contribution in [0.15, 0.2) is 0 Å². The molecule has 3 heteroatoms. The predicted molar refractivity (Wildman–Crippen MR) is 30.4 cm³/mol. The van der Waals surface area contributed by atoms with Gasteiger partial charge in [0.25, 0.3) is 0 Å². The summed E-state index contributed by atoms with van der Waals surface area (Å²) in [6.45, 7) is 1.13. The molecule has 0 aromatic heterocycles. The second kappa shape index (κ2) is 4.65. The first-order valence-electron chi connectivity index (χ1n) is 3.01. The van der Waals surface area contributed by atoms with Crippen LogP contribution in [0.25, 0.3) is 0 Å². The first kappa shape index (κ1) is 8.79. The second-order valence-corrected chi connectivity index (χ2v) is 2.23. The molecule has 0 saturated carbocycles. The molecule has 0 aromatic carbocycles. The smallest absolute Gasteiger partial charge is 0.238 e. The quantitative estimate of drug-likeness (QED) is 0.563. The van der Waals surface area contributed by atoms with Crippen molar-refractivity contribution in [2.45, 2.75) is 26.2 Å². The molecule has 0 aliphatic heterocycles. The fourth-order valence-electron chi connectivity index (χ4n) is 0.488. The maximum atomic E-state index is 11.6. The zero-order valence-electron chi connectivity index (χ0n) is 5.41. The third-order valence-electron chi connectivity index (χ3n) is 1.14. The van der Waals surface area contributed by atoms with Crippen molar-refractivity contribution in [2.75, 3.05) is 6.67 Å². The highest BCUT2D eigenvalue weighted by Gasteiger charge is 2.06. The molecular formula is C6H11F3. The molecule has 0 aliphatic rings. The van der Waals surface area contributed by atoms with Gasteiger partial charge in [0.05, 0.1) is 6.67 Å². The van der Waals surface area contributed by atoms with Gasteiger partial charge in [0.15, 0.2) is 0 Å². The van der Waals surface area contributed by atoms with E-state index in [1.807, 2.05) is 0 Å². The standard InChI is InChI=1S/C6H11F3/c1-5(4-7)2-3-6(8)9/h5-6H,2-4H2,1H3. The Balaban J connectivity index is 3.06. The van der Waals surface area contributed by atoms with Crippen LogP contribution in [0, 0.1) is 5.92 Å². The van der Waals surface area contributed by atoms with Crippen molar-refractivity contribution in [1.82, 2.24) is 0 Å². The van der Waals surface area contributed by atoms with Crippen LogP contribution in [0.1, 0.15) is 19.8 Å². The van der Waals surface area contributed by atoms with Crippen LogP contribution in [0.4, 0.5) is 13.2 Å². The van der Waals surface area contributed by atoms with Crippen molar-refractivity contribution in [3.63, 3.8) is 0 Å². The number of hydrogen-bond acceptors (Lipinski definition) is 0. The van der Waals surface area contributed by atoms with Gasteiger partial charge in [-0.3, -0.25) is 4.39 Å². The lowest BCUT2D eigenvalue weighted by Crippen LogP contribution is -2.00. The molecule has 0 bridgehead atoms. The Morgan fingerprint density at radius 3 is 2.11 bits per heavy atom. The Morgan fingerprint density at radius 1 is 1.22 bits per heavy atom. The highest BCUT2D eigenvalue weighted by molar-refractivity contribution is 4.51. The summed E-state index contributed by atoms with van der Waals surface area (Å²) < 4.78 is 34.4. The van der Waals surface area contributed by atoms with Crippen LogP contribution in [0.5, 0.6) is 0 Å². The molecule has 1 atom stereocenters. The van der Waals surface area contributed by atoms with E-state index in [9.17, 15) is 13.2 Å². The molecular weight excluding hydrogens is 129 g/mol. The molecule has 0 fully saturated rings. The predicted octanol–water partition coefficient (Wildman–Crippen LogP) is 2.64. The Hall–Kier alpha value is -0.210. The van der Waals surface area contributed by atoms with Gasteiger partial charge in [-0.2, -0.15) is 0 Å². The van der Waals surface area contributed by atoms with Crippen LogP contribution in [-0.2, 0) is 0 Å². The van der Waals surface area contributed by atoms with Crippen LogP contribution < -0.4 is 0 Å².